The molecule has 0 unspecified atom stereocenters. The number of nitrogens with zero attached hydrogens (tertiary/aromatic N) is 2. The largest absolute Gasteiger partial charge is 0.342 e. The number of aromatic nitrogens is 1. The highest BCUT2D eigenvalue weighted by molar-refractivity contribution is 7.09. The molecule has 4 rings (SSSR count). The van der Waals surface area contributed by atoms with E-state index >= 15 is 0 Å². The number of benzene rings is 2. The zero-order chi connectivity index (χ0) is 20.9. The van der Waals surface area contributed by atoms with Crippen LogP contribution in [0, 0.1) is 17.6 Å². The van der Waals surface area contributed by atoms with Gasteiger partial charge in [-0.2, -0.15) is 0 Å². The van der Waals surface area contributed by atoms with Crippen molar-refractivity contribution in [3.63, 3.8) is 0 Å². The molecule has 0 spiro atoms. The van der Waals surface area contributed by atoms with Gasteiger partial charge >= 0.3 is 0 Å². The van der Waals surface area contributed by atoms with E-state index < -0.39 is 11.6 Å². The van der Waals surface area contributed by atoms with Crippen LogP contribution in [0.2, 0.25) is 0 Å². The molecule has 0 bridgehead atoms. The molecule has 30 heavy (non-hydrogen) atoms. The van der Waals surface area contributed by atoms with Crippen molar-refractivity contribution >= 4 is 17.2 Å². The van der Waals surface area contributed by atoms with E-state index in [4.69, 9.17) is 0 Å². The van der Waals surface area contributed by atoms with Crippen LogP contribution in [0.5, 0.6) is 0 Å². The second-order valence-corrected chi connectivity index (χ2v) is 8.50. The third kappa shape index (κ3) is 4.91. The van der Waals surface area contributed by atoms with Crippen LogP contribution in [0.4, 0.5) is 8.78 Å². The van der Waals surface area contributed by atoms with Gasteiger partial charge < -0.3 is 5.32 Å². The lowest BCUT2D eigenvalue weighted by atomic mass is 9.90. The lowest BCUT2D eigenvalue weighted by Gasteiger charge is -2.36. The Morgan fingerprint density at radius 1 is 1.20 bits per heavy atom. The highest BCUT2D eigenvalue weighted by Gasteiger charge is 2.31. The van der Waals surface area contributed by atoms with Crippen LogP contribution in [-0.2, 0) is 6.54 Å². The predicted octanol–water partition coefficient (Wildman–Crippen LogP) is 4.80. The monoisotopic (exact) mass is 427 g/mol. The Morgan fingerprint density at radius 3 is 2.77 bits per heavy atom. The fraction of sp³-hybridized carbons (Fsp3) is 0.304. The normalized spacial score (nSPS) is 18.1. The van der Waals surface area contributed by atoms with E-state index in [-0.39, 0.29) is 17.9 Å². The molecule has 0 radical (unpaired) electrons. The molecule has 3 aromatic rings. The number of nitrogens with one attached hydrogen (secondary N) is 1. The Balaban J connectivity index is 1.49. The van der Waals surface area contributed by atoms with Crippen LogP contribution in [0.25, 0.3) is 0 Å². The molecule has 1 aromatic heterocycles. The molecule has 2 aromatic carbocycles. The van der Waals surface area contributed by atoms with Crippen LogP contribution < -0.4 is 5.32 Å². The second-order valence-electron chi connectivity index (χ2n) is 7.57. The van der Waals surface area contributed by atoms with Gasteiger partial charge in [-0.1, -0.05) is 24.3 Å². The van der Waals surface area contributed by atoms with Gasteiger partial charge in [0.25, 0.3) is 5.91 Å². The second kappa shape index (κ2) is 9.45. The summed E-state index contributed by atoms with van der Waals surface area (Å²) in [5.41, 5.74) is 1.36. The highest BCUT2D eigenvalue weighted by Crippen LogP contribution is 2.32. The van der Waals surface area contributed by atoms with Crippen molar-refractivity contribution in [2.45, 2.75) is 25.4 Å². The minimum absolute atomic E-state index is 0.117. The van der Waals surface area contributed by atoms with Crippen molar-refractivity contribution in [1.29, 1.82) is 0 Å². The summed E-state index contributed by atoms with van der Waals surface area (Å²) >= 11 is 1.54. The lowest BCUT2D eigenvalue weighted by molar-refractivity contribution is 0.0877. The molecule has 0 aliphatic carbocycles. The molecular weight excluding hydrogens is 404 g/mol. The van der Waals surface area contributed by atoms with Gasteiger partial charge in [0.2, 0.25) is 0 Å². The first-order valence-electron chi connectivity index (χ1n) is 10.0. The van der Waals surface area contributed by atoms with Crippen molar-refractivity contribution in [3.8, 4) is 0 Å². The standard InChI is InChI=1S/C23H23F2N3OS/c24-19-9-8-16(13-20(19)25)14-28-11-4-7-18(15-28)21(23-26-10-12-30-23)27-22(29)17-5-2-1-3-6-17/h1-3,5-6,8-10,12-13,18,21H,4,7,11,14-15H2,(H,27,29)/t18-,21-/m0/s1. The Kier molecular flexibility index (Phi) is 6.50. The lowest BCUT2D eigenvalue weighted by Crippen LogP contribution is -2.42. The smallest absolute Gasteiger partial charge is 0.251 e. The summed E-state index contributed by atoms with van der Waals surface area (Å²) < 4.78 is 26.8. The van der Waals surface area contributed by atoms with Gasteiger partial charge in [-0.15, -0.1) is 11.3 Å². The minimum Gasteiger partial charge on any atom is -0.342 e. The fourth-order valence-electron chi connectivity index (χ4n) is 3.99. The van der Waals surface area contributed by atoms with Gasteiger partial charge in [0, 0.05) is 30.2 Å². The number of halogens is 2. The minimum atomic E-state index is -0.831. The van der Waals surface area contributed by atoms with Crippen LogP contribution in [0.3, 0.4) is 0 Å². The van der Waals surface area contributed by atoms with E-state index in [1.807, 2.05) is 23.6 Å². The topological polar surface area (TPSA) is 45.2 Å². The van der Waals surface area contributed by atoms with E-state index in [9.17, 15) is 13.6 Å². The summed E-state index contributed by atoms with van der Waals surface area (Å²) in [4.78, 5) is 19.5. The number of hydrogen-bond donors (Lipinski definition) is 1. The first kappa shape index (κ1) is 20.6. The molecule has 2 heterocycles. The van der Waals surface area contributed by atoms with Crippen molar-refractivity contribution in [2.75, 3.05) is 13.1 Å². The van der Waals surface area contributed by atoms with Gasteiger partial charge in [-0.05, 0) is 55.1 Å². The zero-order valence-corrected chi connectivity index (χ0v) is 17.2. The highest BCUT2D eigenvalue weighted by atomic mass is 32.1. The molecule has 7 heteroatoms. The predicted molar refractivity (Wildman–Crippen MR) is 113 cm³/mol. The maximum Gasteiger partial charge on any atom is 0.251 e. The number of carbonyl (C=O) groups is 1. The first-order chi connectivity index (χ1) is 14.6. The van der Waals surface area contributed by atoms with E-state index in [0.29, 0.717) is 12.1 Å². The van der Waals surface area contributed by atoms with E-state index in [2.05, 4.69) is 15.2 Å². The van der Waals surface area contributed by atoms with Crippen molar-refractivity contribution in [3.05, 3.63) is 87.9 Å². The maximum atomic E-state index is 13.6. The van der Waals surface area contributed by atoms with Crippen molar-refractivity contribution in [2.24, 2.45) is 5.92 Å². The molecule has 1 amide bonds. The molecule has 2 atom stereocenters. The number of rotatable bonds is 6. The molecule has 4 nitrogen and oxygen atoms in total. The van der Waals surface area contributed by atoms with Crippen molar-refractivity contribution < 1.29 is 13.6 Å². The average Bonchev–Trinajstić information content (AvgIpc) is 3.30. The van der Waals surface area contributed by atoms with Gasteiger partial charge in [-0.3, -0.25) is 9.69 Å². The van der Waals surface area contributed by atoms with E-state index in [1.165, 1.54) is 23.5 Å². The third-order valence-electron chi connectivity index (χ3n) is 5.44. The molecule has 1 aliphatic heterocycles. The van der Waals surface area contributed by atoms with Gasteiger partial charge in [0.05, 0.1) is 6.04 Å². The average molecular weight is 428 g/mol. The first-order valence-corrected chi connectivity index (χ1v) is 10.9. The number of carbonyl (C=O) groups excluding carboxylic acids is 1. The molecule has 156 valence electrons. The summed E-state index contributed by atoms with van der Waals surface area (Å²) in [7, 11) is 0. The van der Waals surface area contributed by atoms with Crippen molar-refractivity contribution in [1.82, 2.24) is 15.2 Å². The van der Waals surface area contributed by atoms with E-state index in [0.717, 1.165) is 36.5 Å². The van der Waals surface area contributed by atoms with Crippen LogP contribution >= 0.6 is 11.3 Å². The molecule has 1 N–H and O–H groups in total. The third-order valence-corrected chi connectivity index (χ3v) is 6.30. The Labute approximate surface area is 178 Å². The zero-order valence-electron chi connectivity index (χ0n) is 16.4. The van der Waals surface area contributed by atoms with Crippen LogP contribution in [0.1, 0.15) is 39.8 Å². The van der Waals surface area contributed by atoms with E-state index in [1.54, 1.807) is 24.4 Å². The quantitative estimate of drug-likeness (QED) is 0.614. The number of amides is 1. The molecule has 1 fully saturated rings. The van der Waals surface area contributed by atoms with Gasteiger partial charge in [0.15, 0.2) is 11.6 Å². The Bertz CT molecular complexity index is 981. The Hall–Kier alpha value is -2.64. The molecule has 1 aliphatic rings. The number of piperidine rings is 1. The summed E-state index contributed by atoms with van der Waals surface area (Å²) in [6.07, 6.45) is 3.69. The number of thiazole rings is 1. The molecule has 1 saturated heterocycles. The fourth-order valence-corrected chi connectivity index (χ4v) is 4.77. The number of likely N-dealkylation sites (tertiary alicyclic amines) is 1. The summed E-state index contributed by atoms with van der Waals surface area (Å²) in [6, 6.07) is 13.0. The van der Waals surface area contributed by atoms with Gasteiger partial charge in [-0.25, -0.2) is 13.8 Å². The summed E-state index contributed by atoms with van der Waals surface area (Å²) in [6.45, 7) is 2.18. The maximum absolute atomic E-state index is 13.6. The van der Waals surface area contributed by atoms with Crippen LogP contribution in [0.15, 0.2) is 60.1 Å². The molecular formula is C23H23F2N3OS. The SMILES string of the molecule is O=C(N[C@H](c1nccs1)[C@H]1CCCN(Cc2ccc(F)c(F)c2)C1)c1ccccc1. The number of hydrogen-bond acceptors (Lipinski definition) is 4. The Morgan fingerprint density at radius 2 is 2.03 bits per heavy atom. The summed E-state index contributed by atoms with van der Waals surface area (Å²) in [5, 5.41) is 5.98. The van der Waals surface area contributed by atoms with Crippen LogP contribution in [-0.4, -0.2) is 28.9 Å². The summed E-state index contributed by atoms with van der Waals surface area (Å²) in [5.74, 6) is -1.59. The van der Waals surface area contributed by atoms with Gasteiger partial charge in [0.1, 0.15) is 5.01 Å². The molecule has 0 saturated carbocycles.